The second-order valence-electron chi connectivity index (χ2n) is 5.16. The summed E-state index contributed by atoms with van der Waals surface area (Å²) in [7, 11) is 0. The minimum absolute atomic E-state index is 0.132. The zero-order chi connectivity index (χ0) is 12.7. The Labute approximate surface area is 112 Å². The van der Waals surface area contributed by atoms with Gasteiger partial charge in [-0.15, -0.1) is 0 Å². The molecule has 2 aliphatic heterocycles. The van der Waals surface area contributed by atoms with E-state index in [0.29, 0.717) is 12.6 Å². The maximum Gasteiger partial charge on any atom is 0.220 e. The van der Waals surface area contributed by atoms with Gasteiger partial charge in [0.2, 0.25) is 5.91 Å². The van der Waals surface area contributed by atoms with Crippen LogP contribution in [0.25, 0.3) is 0 Å². The highest BCUT2D eigenvalue weighted by molar-refractivity contribution is 6.30. The van der Waals surface area contributed by atoms with Crippen LogP contribution in [0.3, 0.4) is 0 Å². The number of nitrogens with zero attached hydrogens (tertiary/aromatic N) is 1. The molecule has 0 radical (unpaired) electrons. The van der Waals surface area contributed by atoms with E-state index in [9.17, 15) is 4.79 Å². The van der Waals surface area contributed by atoms with E-state index >= 15 is 0 Å². The van der Waals surface area contributed by atoms with Crippen LogP contribution in [0.4, 0.5) is 0 Å². The summed E-state index contributed by atoms with van der Waals surface area (Å²) in [4.78, 5) is 13.4. The molecule has 0 spiro atoms. The summed E-state index contributed by atoms with van der Waals surface area (Å²) < 4.78 is 0. The standard InChI is InChI=1S/C14H17ClN2O/c1-9(18)17-7-10-5-11(15)6-12(13(10)8-17)14-3-2-4-16-14/h5-6,14,16H,2-4,7-8H2,1H3/t14-/m0/s1. The van der Waals surface area contributed by atoms with E-state index in [-0.39, 0.29) is 5.91 Å². The van der Waals surface area contributed by atoms with Crippen LogP contribution in [0.1, 0.15) is 42.5 Å². The molecule has 0 unspecified atom stereocenters. The van der Waals surface area contributed by atoms with Crippen LogP contribution in [0.2, 0.25) is 5.02 Å². The summed E-state index contributed by atoms with van der Waals surface area (Å²) in [5, 5.41) is 4.29. The Hall–Kier alpha value is -1.06. The quantitative estimate of drug-likeness (QED) is 0.846. The molecular weight excluding hydrogens is 248 g/mol. The van der Waals surface area contributed by atoms with E-state index in [1.807, 2.05) is 11.0 Å². The summed E-state index contributed by atoms with van der Waals surface area (Å²) in [5.74, 6) is 0.132. The van der Waals surface area contributed by atoms with Gasteiger partial charge >= 0.3 is 0 Å². The Bertz CT molecular complexity index is 495. The highest BCUT2D eigenvalue weighted by atomic mass is 35.5. The normalized spacial score (nSPS) is 22.3. The first-order chi connectivity index (χ1) is 8.65. The molecule has 18 heavy (non-hydrogen) atoms. The average molecular weight is 265 g/mol. The third-order valence-electron chi connectivity index (χ3n) is 3.93. The molecule has 0 aliphatic carbocycles. The van der Waals surface area contributed by atoms with E-state index in [4.69, 9.17) is 11.6 Å². The lowest BCUT2D eigenvalue weighted by Gasteiger charge is -2.16. The molecule has 2 aliphatic rings. The molecule has 2 heterocycles. The molecule has 1 aromatic carbocycles. The lowest BCUT2D eigenvalue weighted by Crippen LogP contribution is -2.22. The van der Waals surface area contributed by atoms with E-state index in [1.54, 1.807) is 6.92 Å². The lowest BCUT2D eigenvalue weighted by atomic mass is 9.96. The van der Waals surface area contributed by atoms with Gasteiger partial charge in [-0.3, -0.25) is 4.79 Å². The van der Waals surface area contributed by atoms with Crippen LogP contribution in [0, 0.1) is 0 Å². The van der Waals surface area contributed by atoms with Gasteiger partial charge in [-0.25, -0.2) is 0 Å². The topological polar surface area (TPSA) is 32.3 Å². The fraction of sp³-hybridized carbons (Fsp3) is 0.500. The number of nitrogens with one attached hydrogen (secondary N) is 1. The Kier molecular flexibility index (Phi) is 3.04. The van der Waals surface area contributed by atoms with Crippen molar-refractivity contribution in [3.05, 3.63) is 33.8 Å². The van der Waals surface area contributed by atoms with Crippen molar-refractivity contribution in [1.29, 1.82) is 0 Å². The van der Waals surface area contributed by atoms with Gasteiger partial charge in [0.05, 0.1) is 0 Å². The monoisotopic (exact) mass is 264 g/mol. The van der Waals surface area contributed by atoms with Gasteiger partial charge in [0.25, 0.3) is 0 Å². The molecule has 96 valence electrons. The van der Waals surface area contributed by atoms with Crippen LogP contribution in [-0.2, 0) is 17.9 Å². The molecule has 0 bridgehead atoms. The van der Waals surface area contributed by atoms with Gasteiger partial charge in [0.15, 0.2) is 0 Å². The van der Waals surface area contributed by atoms with Crippen molar-refractivity contribution in [2.45, 2.75) is 38.9 Å². The van der Waals surface area contributed by atoms with Gasteiger partial charge in [-0.05, 0) is 48.2 Å². The minimum Gasteiger partial charge on any atom is -0.334 e. The zero-order valence-corrected chi connectivity index (χ0v) is 11.3. The molecule has 1 amide bonds. The van der Waals surface area contributed by atoms with Gasteiger partial charge < -0.3 is 10.2 Å². The van der Waals surface area contributed by atoms with Crippen LogP contribution in [0.5, 0.6) is 0 Å². The van der Waals surface area contributed by atoms with E-state index < -0.39 is 0 Å². The first kappa shape index (κ1) is 12.0. The summed E-state index contributed by atoms with van der Waals surface area (Å²) in [5.41, 5.74) is 3.80. The number of halogens is 1. The third kappa shape index (κ3) is 2.02. The van der Waals surface area contributed by atoms with Crippen molar-refractivity contribution in [2.75, 3.05) is 6.54 Å². The molecule has 1 saturated heterocycles. The first-order valence-corrected chi connectivity index (χ1v) is 6.83. The maximum atomic E-state index is 11.5. The Morgan fingerprint density at radius 3 is 2.94 bits per heavy atom. The Balaban J connectivity index is 1.99. The fourth-order valence-electron chi connectivity index (χ4n) is 2.99. The molecule has 1 atom stereocenters. The fourth-order valence-corrected chi connectivity index (χ4v) is 3.24. The number of rotatable bonds is 1. The third-order valence-corrected chi connectivity index (χ3v) is 4.15. The summed E-state index contributed by atoms with van der Waals surface area (Å²) in [6, 6.07) is 4.47. The molecule has 0 saturated carbocycles. The summed E-state index contributed by atoms with van der Waals surface area (Å²) in [6.07, 6.45) is 2.37. The molecule has 3 rings (SSSR count). The number of carbonyl (C=O) groups is 1. The average Bonchev–Trinajstić information content (AvgIpc) is 2.96. The van der Waals surface area contributed by atoms with Gasteiger partial charge in [-0.2, -0.15) is 0 Å². The predicted molar refractivity (Wildman–Crippen MR) is 71.4 cm³/mol. The van der Waals surface area contributed by atoms with E-state index in [1.165, 1.54) is 23.1 Å². The van der Waals surface area contributed by atoms with Crippen LogP contribution >= 0.6 is 11.6 Å². The van der Waals surface area contributed by atoms with Gasteiger partial charge in [0.1, 0.15) is 0 Å². The minimum atomic E-state index is 0.132. The van der Waals surface area contributed by atoms with Crippen molar-refractivity contribution in [3.63, 3.8) is 0 Å². The molecule has 1 aromatic rings. The van der Waals surface area contributed by atoms with Crippen molar-refractivity contribution in [1.82, 2.24) is 10.2 Å². The number of fused-ring (bicyclic) bond motifs is 1. The van der Waals surface area contributed by atoms with Gasteiger partial charge in [-0.1, -0.05) is 11.6 Å². The summed E-state index contributed by atoms with van der Waals surface area (Å²) in [6.45, 7) is 4.13. The molecule has 1 N–H and O–H groups in total. The van der Waals surface area contributed by atoms with Gasteiger partial charge in [0, 0.05) is 31.1 Å². The van der Waals surface area contributed by atoms with E-state index in [2.05, 4.69) is 11.4 Å². The van der Waals surface area contributed by atoms with Crippen molar-refractivity contribution < 1.29 is 4.79 Å². The van der Waals surface area contributed by atoms with Crippen molar-refractivity contribution in [2.24, 2.45) is 0 Å². The Morgan fingerprint density at radius 1 is 1.44 bits per heavy atom. The molecule has 0 aromatic heterocycles. The zero-order valence-electron chi connectivity index (χ0n) is 10.5. The second kappa shape index (κ2) is 4.56. The molecule has 3 nitrogen and oxygen atoms in total. The van der Waals surface area contributed by atoms with Crippen LogP contribution in [0.15, 0.2) is 12.1 Å². The first-order valence-electron chi connectivity index (χ1n) is 6.45. The highest BCUT2D eigenvalue weighted by Crippen LogP contribution is 2.35. The number of benzene rings is 1. The van der Waals surface area contributed by atoms with Crippen molar-refractivity contribution in [3.8, 4) is 0 Å². The smallest absolute Gasteiger partial charge is 0.220 e. The summed E-state index contributed by atoms with van der Waals surface area (Å²) >= 11 is 6.20. The SMILES string of the molecule is CC(=O)N1Cc2cc(Cl)cc([C@@H]3CCCN3)c2C1. The lowest BCUT2D eigenvalue weighted by molar-refractivity contribution is -0.129. The molecular formula is C14H17ClN2O. The molecule has 4 heteroatoms. The highest BCUT2D eigenvalue weighted by Gasteiger charge is 2.28. The van der Waals surface area contributed by atoms with Crippen molar-refractivity contribution >= 4 is 17.5 Å². The van der Waals surface area contributed by atoms with E-state index in [0.717, 1.165) is 24.5 Å². The second-order valence-corrected chi connectivity index (χ2v) is 5.59. The number of amides is 1. The number of carbonyl (C=O) groups excluding carboxylic acids is 1. The Morgan fingerprint density at radius 2 is 2.28 bits per heavy atom. The molecule has 1 fully saturated rings. The number of hydrogen-bond acceptors (Lipinski definition) is 2. The van der Waals surface area contributed by atoms with Crippen LogP contribution < -0.4 is 5.32 Å². The number of hydrogen-bond donors (Lipinski definition) is 1. The predicted octanol–water partition coefficient (Wildman–Crippen LogP) is 2.63. The maximum absolute atomic E-state index is 11.5. The largest absolute Gasteiger partial charge is 0.334 e. The van der Waals surface area contributed by atoms with Crippen LogP contribution in [-0.4, -0.2) is 17.4 Å².